The lowest BCUT2D eigenvalue weighted by molar-refractivity contribution is -0.117. The summed E-state index contributed by atoms with van der Waals surface area (Å²) in [4.78, 5) is 16.9. The second-order valence-electron chi connectivity index (χ2n) is 6.55. The van der Waals surface area contributed by atoms with Crippen LogP contribution in [0.4, 0.5) is 11.4 Å². The third-order valence-corrected chi connectivity index (χ3v) is 4.93. The molecule has 1 heterocycles. The van der Waals surface area contributed by atoms with Crippen LogP contribution >= 0.6 is 11.6 Å². The molecule has 0 spiro atoms. The molecule has 3 rings (SSSR count). The molecule has 1 fully saturated rings. The number of carbonyl (C=O) groups is 1. The maximum absolute atomic E-state index is 12.4. The maximum Gasteiger partial charge on any atom is 0.238 e. The molecule has 0 aromatic heterocycles. The smallest absolute Gasteiger partial charge is 0.238 e. The van der Waals surface area contributed by atoms with Gasteiger partial charge in [-0.1, -0.05) is 29.8 Å². The van der Waals surface area contributed by atoms with Gasteiger partial charge in [0.15, 0.2) is 0 Å². The molecule has 1 aliphatic heterocycles. The Morgan fingerprint density at radius 2 is 1.60 bits per heavy atom. The average molecular weight is 358 g/mol. The van der Waals surface area contributed by atoms with Crippen molar-refractivity contribution in [1.29, 1.82) is 0 Å². The first kappa shape index (κ1) is 17.8. The standard InChI is InChI=1S/C20H24ClN3O/c1-15-4-3-5-16(2)20(15)22-19(25)14-23-10-12-24(13-11-23)18-8-6-17(21)7-9-18/h3-9H,10-14H2,1-2H3,(H,22,25). The van der Waals surface area contributed by atoms with Gasteiger partial charge in [0.2, 0.25) is 5.91 Å². The zero-order valence-corrected chi connectivity index (χ0v) is 15.5. The first-order chi connectivity index (χ1) is 12.0. The van der Waals surface area contributed by atoms with Crippen molar-refractivity contribution < 1.29 is 4.79 Å². The fourth-order valence-corrected chi connectivity index (χ4v) is 3.34. The molecule has 5 heteroatoms. The summed E-state index contributed by atoms with van der Waals surface area (Å²) in [6.07, 6.45) is 0. The Hall–Kier alpha value is -2.04. The second kappa shape index (κ2) is 7.89. The van der Waals surface area contributed by atoms with Gasteiger partial charge in [-0.15, -0.1) is 0 Å². The van der Waals surface area contributed by atoms with E-state index in [0.29, 0.717) is 6.54 Å². The first-order valence-electron chi connectivity index (χ1n) is 8.62. The molecule has 25 heavy (non-hydrogen) atoms. The summed E-state index contributed by atoms with van der Waals surface area (Å²) >= 11 is 5.95. The van der Waals surface area contributed by atoms with Gasteiger partial charge in [0, 0.05) is 42.6 Å². The number of nitrogens with one attached hydrogen (secondary N) is 1. The molecule has 1 N–H and O–H groups in total. The van der Waals surface area contributed by atoms with Crippen molar-refractivity contribution in [3.8, 4) is 0 Å². The quantitative estimate of drug-likeness (QED) is 0.905. The van der Waals surface area contributed by atoms with Crippen molar-refractivity contribution in [3.63, 3.8) is 0 Å². The lowest BCUT2D eigenvalue weighted by Gasteiger charge is -2.35. The van der Waals surface area contributed by atoms with Gasteiger partial charge in [0.05, 0.1) is 6.54 Å². The zero-order chi connectivity index (χ0) is 17.8. The number of benzene rings is 2. The van der Waals surface area contributed by atoms with Crippen LogP contribution in [-0.2, 0) is 4.79 Å². The van der Waals surface area contributed by atoms with E-state index < -0.39 is 0 Å². The van der Waals surface area contributed by atoms with E-state index in [2.05, 4.69) is 15.1 Å². The molecule has 1 aliphatic rings. The van der Waals surface area contributed by atoms with E-state index in [0.717, 1.165) is 48.0 Å². The van der Waals surface area contributed by atoms with Crippen LogP contribution in [0.25, 0.3) is 0 Å². The van der Waals surface area contributed by atoms with Gasteiger partial charge in [0.1, 0.15) is 0 Å². The molecule has 0 radical (unpaired) electrons. The highest BCUT2D eigenvalue weighted by atomic mass is 35.5. The van der Waals surface area contributed by atoms with E-state index in [-0.39, 0.29) is 5.91 Å². The van der Waals surface area contributed by atoms with E-state index in [9.17, 15) is 4.79 Å². The number of aryl methyl sites for hydroxylation is 2. The van der Waals surface area contributed by atoms with Crippen molar-refractivity contribution in [2.75, 3.05) is 42.9 Å². The highest BCUT2D eigenvalue weighted by Crippen LogP contribution is 2.21. The molecular formula is C20H24ClN3O. The van der Waals surface area contributed by atoms with Crippen molar-refractivity contribution in [3.05, 3.63) is 58.6 Å². The van der Waals surface area contributed by atoms with Crippen LogP contribution in [0.15, 0.2) is 42.5 Å². The van der Waals surface area contributed by atoms with Crippen LogP contribution in [0.5, 0.6) is 0 Å². The molecular weight excluding hydrogens is 334 g/mol. The van der Waals surface area contributed by atoms with Gasteiger partial charge in [-0.25, -0.2) is 0 Å². The first-order valence-corrected chi connectivity index (χ1v) is 8.99. The number of hydrogen-bond acceptors (Lipinski definition) is 3. The van der Waals surface area contributed by atoms with E-state index >= 15 is 0 Å². The number of nitrogens with zero attached hydrogens (tertiary/aromatic N) is 2. The predicted octanol–water partition coefficient (Wildman–Crippen LogP) is 3.72. The SMILES string of the molecule is Cc1cccc(C)c1NC(=O)CN1CCN(c2ccc(Cl)cc2)CC1. The van der Waals surface area contributed by atoms with Gasteiger partial charge in [-0.05, 0) is 49.2 Å². The number of carbonyl (C=O) groups excluding carboxylic acids is 1. The zero-order valence-electron chi connectivity index (χ0n) is 14.8. The van der Waals surface area contributed by atoms with Crippen LogP contribution in [0.2, 0.25) is 5.02 Å². The van der Waals surface area contributed by atoms with Crippen molar-refractivity contribution >= 4 is 28.9 Å². The van der Waals surface area contributed by atoms with Crippen LogP contribution in [-0.4, -0.2) is 43.5 Å². The summed E-state index contributed by atoms with van der Waals surface area (Å²) in [6, 6.07) is 14.0. The molecule has 0 atom stereocenters. The van der Waals surface area contributed by atoms with Crippen molar-refractivity contribution in [1.82, 2.24) is 4.90 Å². The van der Waals surface area contributed by atoms with E-state index in [1.54, 1.807) is 0 Å². The number of amides is 1. The number of para-hydroxylation sites is 1. The highest BCUT2D eigenvalue weighted by Gasteiger charge is 2.19. The molecule has 4 nitrogen and oxygen atoms in total. The fraction of sp³-hybridized carbons (Fsp3) is 0.350. The summed E-state index contributed by atoms with van der Waals surface area (Å²) in [5.74, 6) is 0.0531. The minimum atomic E-state index is 0.0531. The summed E-state index contributed by atoms with van der Waals surface area (Å²) in [7, 11) is 0. The van der Waals surface area contributed by atoms with Crippen molar-refractivity contribution in [2.24, 2.45) is 0 Å². The third-order valence-electron chi connectivity index (χ3n) is 4.68. The molecule has 1 amide bonds. The minimum absolute atomic E-state index is 0.0531. The number of piperazine rings is 1. The minimum Gasteiger partial charge on any atom is -0.369 e. The molecule has 132 valence electrons. The van der Waals surface area contributed by atoms with Crippen molar-refractivity contribution in [2.45, 2.75) is 13.8 Å². The average Bonchev–Trinajstić information content (AvgIpc) is 2.60. The maximum atomic E-state index is 12.4. The summed E-state index contributed by atoms with van der Waals surface area (Å²) in [5.41, 5.74) is 4.32. The molecule has 1 saturated heterocycles. The van der Waals surface area contributed by atoms with E-state index in [1.165, 1.54) is 5.69 Å². The monoisotopic (exact) mass is 357 g/mol. The lowest BCUT2D eigenvalue weighted by atomic mass is 10.1. The topological polar surface area (TPSA) is 35.6 Å². The fourth-order valence-electron chi connectivity index (χ4n) is 3.21. The Kier molecular flexibility index (Phi) is 5.61. The molecule has 0 unspecified atom stereocenters. The van der Waals surface area contributed by atoms with Gasteiger partial charge in [-0.3, -0.25) is 9.69 Å². The van der Waals surface area contributed by atoms with Gasteiger partial charge < -0.3 is 10.2 Å². The number of hydrogen-bond donors (Lipinski definition) is 1. The molecule has 2 aromatic carbocycles. The Bertz CT molecular complexity index is 717. The number of halogens is 1. The molecule has 0 bridgehead atoms. The predicted molar refractivity (Wildman–Crippen MR) is 105 cm³/mol. The summed E-state index contributed by atoms with van der Waals surface area (Å²) < 4.78 is 0. The van der Waals surface area contributed by atoms with Gasteiger partial charge in [-0.2, -0.15) is 0 Å². The summed E-state index contributed by atoms with van der Waals surface area (Å²) in [5, 5.41) is 3.82. The van der Waals surface area contributed by atoms with Gasteiger partial charge >= 0.3 is 0 Å². The number of anilines is 2. The highest BCUT2D eigenvalue weighted by molar-refractivity contribution is 6.30. The largest absolute Gasteiger partial charge is 0.369 e. The molecule has 2 aromatic rings. The van der Waals surface area contributed by atoms with Crippen LogP contribution < -0.4 is 10.2 Å². The Labute approximate surface area is 154 Å². The van der Waals surface area contributed by atoms with Crippen LogP contribution in [0, 0.1) is 13.8 Å². The number of rotatable bonds is 4. The van der Waals surface area contributed by atoms with Gasteiger partial charge in [0.25, 0.3) is 0 Å². The normalized spacial score (nSPS) is 15.2. The van der Waals surface area contributed by atoms with Crippen LogP contribution in [0.3, 0.4) is 0 Å². The Balaban J connectivity index is 1.52. The van der Waals surface area contributed by atoms with E-state index in [1.807, 2.05) is 56.3 Å². The molecule has 0 aliphatic carbocycles. The third kappa shape index (κ3) is 4.53. The second-order valence-corrected chi connectivity index (χ2v) is 6.99. The van der Waals surface area contributed by atoms with E-state index in [4.69, 9.17) is 11.6 Å². The lowest BCUT2D eigenvalue weighted by Crippen LogP contribution is -2.48. The van der Waals surface area contributed by atoms with Crippen LogP contribution in [0.1, 0.15) is 11.1 Å². The Morgan fingerprint density at radius 1 is 1.00 bits per heavy atom. The summed E-state index contributed by atoms with van der Waals surface area (Å²) in [6.45, 7) is 8.06. The Morgan fingerprint density at radius 3 is 2.20 bits per heavy atom. The molecule has 0 saturated carbocycles.